The van der Waals surface area contributed by atoms with E-state index in [2.05, 4.69) is 29.8 Å². The molecule has 0 unspecified atom stereocenters. The Kier molecular flexibility index (Phi) is 6.75. The second kappa shape index (κ2) is 9.97. The van der Waals surface area contributed by atoms with Gasteiger partial charge in [0.1, 0.15) is 17.4 Å². The van der Waals surface area contributed by atoms with Crippen molar-refractivity contribution in [1.29, 1.82) is 0 Å². The Morgan fingerprint density at radius 3 is 2.72 bits per heavy atom. The van der Waals surface area contributed by atoms with Crippen molar-refractivity contribution in [3.8, 4) is 5.75 Å². The van der Waals surface area contributed by atoms with Crippen LogP contribution >= 0.6 is 0 Å². The Morgan fingerprint density at radius 2 is 1.97 bits per heavy atom. The lowest BCUT2D eigenvalue weighted by Gasteiger charge is -2.27. The molecule has 9 heteroatoms. The number of aromatic nitrogens is 3. The highest BCUT2D eigenvalue weighted by Crippen LogP contribution is 2.31. The van der Waals surface area contributed by atoms with Crippen LogP contribution in [-0.4, -0.2) is 71.8 Å². The lowest BCUT2D eigenvalue weighted by molar-refractivity contribution is 0.0718. The van der Waals surface area contributed by atoms with Gasteiger partial charge in [-0.05, 0) is 44.7 Å². The van der Waals surface area contributed by atoms with E-state index in [1.54, 1.807) is 4.90 Å². The summed E-state index contributed by atoms with van der Waals surface area (Å²) in [7, 11) is 3.95. The lowest BCUT2D eigenvalue weighted by atomic mass is 10.1. The third kappa shape index (κ3) is 4.59. The van der Waals surface area contributed by atoms with Crippen molar-refractivity contribution >= 4 is 23.2 Å². The molecule has 2 atom stereocenters. The monoisotopic (exact) mass is 491 g/mol. The number of aryl methyl sites for hydroxylation is 1. The molecule has 2 aromatic heterocycles. The molecule has 2 bridgehead atoms. The van der Waals surface area contributed by atoms with Crippen LogP contribution in [0.3, 0.4) is 0 Å². The number of fused-ring (bicyclic) bond motifs is 2. The summed E-state index contributed by atoms with van der Waals surface area (Å²) in [5.74, 6) is 2.49. The van der Waals surface area contributed by atoms with E-state index in [1.165, 1.54) is 0 Å². The summed E-state index contributed by atoms with van der Waals surface area (Å²) in [4.78, 5) is 24.9. The zero-order valence-corrected chi connectivity index (χ0v) is 21.8. The van der Waals surface area contributed by atoms with E-state index in [1.807, 2.05) is 42.8 Å². The van der Waals surface area contributed by atoms with Gasteiger partial charge < -0.3 is 25.2 Å². The van der Waals surface area contributed by atoms with Crippen LogP contribution in [0.2, 0.25) is 0 Å². The van der Waals surface area contributed by atoms with Crippen molar-refractivity contribution in [2.75, 3.05) is 50.1 Å². The number of hydrogen-bond acceptors (Lipinski definition) is 7. The molecule has 0 spiro atoms. The molecule has 3 aromatic rings. The second-order valence-corrected chi connectivity index (χ2v) is 10.1. The highest BCUT2D eigenvalue weighted by atomic mass is 16.5. The topological polar surface area (TPSA) is 92.2 Å². The summed E-state index contributed by atoms with van der Waals surface area (Å²) in [6.07, 6.45) is 3.53. The van der Waals surface area contributed by atoms with Gasteiger partial charge in [0.15, 0.2) is 5.65 Å². The van der Waals surface area contributed by atoms with Gasteiger partial charge in [0.05, 0.1) is 23.9 Å². The average molecular weight is 492 g/mol. The maximum absolute atomic E-state index is 13.7. The Balaban J connectivity index is 1.60. The largest absolute Gasteiger partial charge is 0.493 e. The van der Waals surface area contributed by atoms with Crippen LogP contribution in [-0.2, 0) is 0 Å². The minimum Gasteiger partial charge on any atom is -0.493 e. The molecule has 9 nitrogen and oxygen atoms in total. The summed E-state index contributed by atoms with van der Waals surface area (Å²) in [6.45, 7) is 7.20. The predicted molar refractivity (Wildman–Crippen MR) is 142 cm³/mol. The van der Waals surface area contributed by atoms with Crippen LogP contribution in [0.5, 0.6) is 5.75 Å². The molecule has 1 saturated heterocycles. The first-order chi connectivity index (χ1) is 17.4. The average Bonchev–Trinajstić information content (AvgIpc) is 3.49. The number of nitrogens with two attached hydrogens (primary N) is 1. The number of amides is 1. The van der Waals surface area contributed by atoms with Crippen molar-refractivity contribution in [3.05, 3.63) is 47.2 Å². The molecule has 1 amide bonds. The molecule has 4 heterocycles. The van der Waals surface area contributed by atoms with Crippen molar-refractivity contribution in [3.63, 3.8) is 0 Å². The molecule has 2 aliphatic heterocycles. The van der Waals surface area contributed by atoms with Gasteiger partial charge in [-0.3, -0.25) is 4.79 Å². The Hall–Kier alpha value is -3.33. The van der Waals surface area contributed by atoms with Crippen LogP contribution in [0.25, 0.3) is 5.65 Å². The number of anilines is 2. The maximum Gasteiger partial charge on any atom is 0.257 e. The zero-order valence-electron chi connectivity index (χ0n) is 21.8. The van der Waals surface area contributed by atoms with E-state index in [0.717, 1.165) is 73.9 Å². The first-order valence-electron chi connectivity index (χ1n) is 13.0. The molecule has 5 rings (SSSR count). The molecule has 2 N–H and O–H groups in total. The van der Waals surface area contributed by atoms with Crippen LogP contribution in [0, 0.1) is 6.92 Å². The first kappa shape index (κ1) is 24.4. The predicted octanol–water partition coefficient (Wildman–Crippen LogP) is 3.41. The molecule has 0 saturated carbocycles. The van der Waals surface area contributed by atoms with Crippen molar-refractivity contribution in [2.45, 2.75) is 51.6 Å². The van der Waals surface area contributed by atoms with E-state index < -0.39 is 0 Å². The number of hydrogen-bond donors (Lipinski definition) is 1. The molecule has 1 fully saturated rings. The van der Waals surface area contributed by atoms with Crippen LogP contribution < -0.4 is 20.3 Å². The zero-order chi connectivity index (χ0) is 25.4. The minimum absolute atomic E-state index is 0.0653. The SMILES string of the molecule is CC[C@H]1c2cc3nc(N4CC[C@H](N)C4)cc(n3n2)N(C)CCCCOc2ccc(C)cc2C(=O)N1C. The standard InChI is InChI=1S/C27H37N7O2/c1-5-22-21-15-25-29-24(33-12-10-19(28)17-33)16-26(34(25)30-21)31(3)11-6-7-13-36-23-9-8-18(2)14-20(23)27(35)32(22)4/h8-9,14-16,19,22H,5-7,10-13,17,28H2,1-4H3/t19-,22-/m0/s1. The lowest BCUT2D eigenvalue weighted by Crippen LogP contribution is -2.31. The molecule has 192 valence electrons. The third-order valence-electron chi connectivity index (χ3n) is 7.38. The summed E-state index contributed by atoms with van der Waals surface area (Å²) >= 11 is 0. The first-order valence-corrected chi connectivity index (χ1v) is 13.0. The number of rotatable bonds is 2. The fraction of sp³-hybridized carbons (Fsp3) is 0.519. The second-order valence-electron chi connectivity index (χ2n) is 10.1. The highest BCUT2D eigenvalue weighted by Gasteiger charge is 2.28. The third-order valence-corrected chi connectivity index (χ3v) is 7.38. The van der Waals surface area contributed by atoms with Gasteiger partial charge in [-0.25, -0.2) is 4.98 Å². The van der Waals surface area contributed by atoms with E-state index in [0.29, 0.717) is 17.9 Å². The number of ether oxygens (including phenoxy) is 1. The molecule has 36 heavy (non-hydrogen) atoms. The van der Waals surface area contributed by atoms with Gasteiger partial charge in [-0.2, -0.15) is 9.61 Å². The Morgan fingerprint density at radius 1 is 1.14 bits per heavy atom. The van der Waals surface area contributed by atoms with Gasteiger partial charge in [0, 0.05) is 51.9 Å². The molecule has 0 radical (unpaired) electrons. The number of nitrogens with zero attached hydrogens (tertiary/aromatic N) is 6. The van der Waals surface area contributed by atoms with E-state index in [4.69, 9.17) is 20.6 Å². The maximum atomic E-state index is 13.7. The smallest absolute Gasteiger partial charge is 0.257 e. The Labute approximate surface area is 212 Å². The molecule has 1 aromatic carbocycles. The van der Waals surface area contributed by atoms with Crippen molar-refractivity contribution in [1.82, 2.24) is 19.5 Å². The molecule has 0 aliphatic carbocycles. The minimum atomic E-state index is -0.195. The summed E-state index contributed by atoms with van der Waals surface area (Å²) < 4.78 is 8.03. The quantitative estimate of drug-likeness (QED) is 0.587. The summed E-state index contributed by atoms with van der Waals surface area (Å²) in [6, 6.07) is 9.94. The number of carbonyl (C=O) groups excluding carboxylic acids is 1. The Bertz CT molecular complexity index is 1260. The van der Waals surface area contributed by atoms with Crippen molar-refractivity contribution < 1.29 is 9.53 Å². The number of carbonyl (C=O) groups is 1. The van der Waals surface area contributed by atoms with Crippen LogP contribution in [0.1, 0.15) is 60.3 Å². The fourth-order valence-corrected chi connectivity index (χ4v) is 5.25. The van der Waals surface area contributed by atoms with E-state index in [9.17, 15) is 4.79 Å². The molecular formula is C27H37N7O2. The van der Waals surface area contributed by atoms with Crippen LogP contribution in [0.4, 0.5) is 11.6 Å². The summed E-state index contributed by atoms with van der Waals surface area (Å²) in [5, 5.41) is 4.99. The van der Waals surface area contributed by atoms with Gasteiger partial charge >= 0.3 is 0 Å². The summed E-state index contributed by atoms with van der Waals surface area (Å²) in [5.41, 5.74) is 9.44. The number of benzene rings is 1. The van der Waals surface area contributed by atoms with Gasteiger partial charge in [-0.1, -0.05) is 18.6 Å². The molecule has 2 aliphatic rings. The normalized spacial score (nSPS) is 21.5. The van der Waals surface area contributed by atoms with Gasteiger partial charge in [0.25, 0.3) is 5.91 Å². The van der Waals surface area contributed by atoms with E-state index >= 15 is 0 Å². The highest BCUT2D eigenvalue weighted by molar-refractivity contribution is 5.97. The fourth-order valence-electron chi connectivity index (χ4n) is 5.25. The van der Waals surface area contributed by atoms with Gasteiger partial charge in [0.2, 0.25) is 0 Å². The van der Waals surface area contributed by atoms with Crippen molar-refractivity contribution in [2.24, 2.45) is 5.73 Å². The van der Waals surface area contributed by atoms with Gasteiger partial charge in [-0.15, -0.1) is 0 Å². The van der Waals surface area contributed by atoms with E-state index in [-0.39, 0.29) is 18.0 Å². The molecular weight excluding hydrogens is 454 g/mol. The van der Waals surface area contributed by atoms with Crippen LogP contribution in [0.15, 0.2) is 30.3 Å².